The van der Waals surface area contributed by atoms with E-state index in [1.807, 2.05) is 31.2 Å². The molecule has 5 heteroatoms. The van der Waals surface area contributed by atoms with Crippen LogP contribution in [0.5, 0.6) is 5.75 Å². The third-order valence-corrected chi connectivity index (χ3v) is 5.73. The maximum atomic E-state index is 6.44. The molecule has 0 aliphatic carbocycles. The summed E-state index contributed by atoms with van der Waals surface area (Å²) in [4.78, 5) is 0. The van der Waals surface area contributed by atoms with E-state index < -0.39 is 7.27 Å². The van der Waals surface area contributed by atoms with E-state index in [0.29, 0.717) is 5.22 Å². The van der Waals surface area contributed by atoms with Gasteiger partial charge in [0.1, 0.15) is 5.75 Å². The molecule has 0 fully saturated rings. The Bertz CT molecular complexity index is 390. The van der Waals surface area contributed by atoms with Crippen molar-refractivity contribution in [3.05, 3.63) is 34.8 Å². The second-order valence-electron chi connectivity index (χ2n) is 3.26. The molecule has 1 unspecified atom stereocenters. The molecule has 0 amide bonds. The summed E-state index contributed by atoms with van der Waals surface area (Å²) in [5.41, 5.74) is 0. The third kappa shape index (κ3) is 3.77. The lowest BCUT2D eigenvalue weighted by molar-refractivity contribution is 0.319. The summed E-state index contributed by atoms with van der Waals surface area (Å²) < 4.78 is 10.1. The van der Waals surface area contributed by atoms with Crippen molar-refractivity contribution < 1.29 is 9.47 Å². The van der Waals surface area contributed by atoms with Gasteiger partial charge in [-0.25, -0.2) is 0 Å². The first kappa shape index (κ1) is 14.6. The van der Waals surface area contributed by atoms with Gasteiger partial charge in [0, 0.05) is 5.31 Å². The van der Waals surface area contributed by atoms with Crippen LogP contribution in [0.3, 0.4) is 0 Å². The van der Waals surface area contributed by atoms with Crippen molar-refractivity contribution in [3.8, 4) is 5.75 Å². The lowest BCUT2D eigenvalue weighted by Gasteiger charge is -2.14. The van der Waals surface area contributed by atoms with Crippen molar-refractivity contribution in [3.63, 3.8) is 0 Å². The van der Waals surface area contributed by atoms with Gasteiger partial charge in [-0.3, -0.25) is 0 Å². The van der Waals surface area contributed by atoms with E-state index in [1.165, 1.54) is 0 Å². The number of benzene rings is 1. The second kappa shape index (κ2) is 7.10. The molecule has 0 spiro atoms. The summed E-state index contributed by atoms with van der Waals surface area (Å²) in [6, 6.07) is 7.68. The number of halogens is 2. The number of allylic oxidation sites excluding steroid dienone is 1. The average Bonchev–Trinajstić information content (AvgIpc) is 2.39. The van der Waals surface area contributed by atoms with Crippen LogP contribution in [0.25, 0.3) is 0 Å². The summed E-state index contributed by atoms with van der Waals surface area (Å²) in [5.74, 6) is 0.814. The van der Waals surface area contributed by atoms with Gasteiger partial charge in [0.05, 0.1) is 21.5 Å². The first-order chi connectivity index (χ1) is 8.13. The first-order valence-corrected chi connectivity index (χ1v) is 7.79. The highest BCUT2D eigenvalue weighted by molar-refractivity contribution is 7.93. The van der Waals surface area contributed by atoms with Gasteiger partial charge in [0.2, 0.25) is 0 Å². The van der Waals surface area contributed by atoms with Crippen molar-refractivity contribution in [2.45, 2.75) is 13.3 Å². The number of hydrogen-bond donors (Lipinski definition) is 0. The zero-order valence-electron chi connectivity index (χ0n) is 10.0. The molecule has 0 N–H and O–H groups in total. The Kier molecular flexibility index (Phi) is 6.11. The van der Waals surface area contributed by atoms with Gasteiger partial charge in [-0.1, -0.05) is 18.2 Å². The van der Waals surface area contributed by atoms with Gasteiger partial charge in [0.25, 0.3) is 0 Å². The van der Waals surface area contributed by atoms with Crippen LogP contribution in [-0.4, -0.2) is 14.2 Å². The van der Waals surface area contributed by atoms with E-state index in [0.717, 1.165) is 22.8 Å². The fraction of sp³-hybridized carbons (Fsp3) is 0.333. The summed E-state index contributed by atoms with van der Waals surface area (Å²) in [6.07, 6.45) is 0.772. The minimum absolute atomic E-state index is 0.393. The first-order valence-electron chi connectivity index (χ1n) is 5.16. The van der Waals surface area contributed by atoms with E-state index in [-0.39, 0.29) is 0 Å². The molecule has 0 heterocycles. The summed E-state index contributed by atoms with van der Waals surface area (Å²) in [6.45, 7) is 2.01. The van der Waals surface area contributed by atoms with Gasteiger partial charge in [0.15, 0.2) is 5.22 Å². The molecule has 0 radical (unpaired) electrons. The molecular weight excluding hydrogens is 278 g/mol. The number of methoxy groups -OCH3 is 2. The van der Waals surface area contributed by atoms with Crippen LogP contribution < -0.4 is 10.0 Å². The molecule has 17 heavy (non-hydrogen) atoms. The van der Waals surface area contributed by atoms with E-state index >= 15 is 0 Å². The summed E-state index contributed by atoms with van der Waals surface area (Å²) in [7, 11) is 2.22. The highest BCUT2D eigenvalue weighted by Gasteiger charge is 2.16. The second-order valence-corrected chi connectivity index (χ2v) is 6.23. The van der Waals surface area contributed by atoms with Crippen LogP contribution in [0.2, 0.25) is 0 Å². The smallest absolute Gasteiger partial charge is 0.191 e. The van der Waals surface area contributed by atoms with E-state index in [1.54, 1.807) is 14.2 Å². The molecular formula is C12H15Cl2O2P. The van der Waals surface area contributed by atoms with Crippen molar-refractivity contribution in [2.75, 3.05) is 14.2 Å². The average molecular weight is 293 g/mol. The molecule has 0 saturated heterocycles. The van der Waals surface area contributed by atoms with Crippen LogP contribution in [-0.2, 0) is 4.74 Å². The van der Waals surface area contributed by atoms with Crippen molar-refractivity contribution in [1.82, 2.24) is 0 Å². The molecule has 1 rings (SSSR count). The molecule has 0 aliphatic rings. The zero-order valence-corrected chi connectivity index (χ0v) is 12.4. The Labute approximate surface area is 113 Å². The number of rotatable bonds is 5. The zero-order chi connectivity index (χ0) is 12.8. The Hall–Kier alpha value is -0.430. The normalized spacial score (nSPS) is 13.9. The van der Waals surface area contributed by atoms with Crippen LogP contribution in [0.4, 0.5) is 0 Å². The topological polar surface area (TPSA) is 18.5 Å². The van der Waals surface area contributed by atoms with Crippen molar-refractivity contribution in [2.24, 2.45) is 0 Å². The van der Waals surface area contributed by atoms with Gasteiger partial charge in [-0.2, -0.15) is 0 Å². The highest BCUT2D eigenvalue weighted by atomic mass is 35.7. The standard InChI is InChI=1S/C12H15Cl2O2P/c1-4-11(12(13)16-3)17(14)10-7-5-9(15-2)6-8-10/h5-8H,4H2,1-3H3/b12-11-. The molecule has 1 atom stereocenters. The maximum Gasteiger partial charge on any atom is 0.191 e. The molecule has 0 aliphatic heterocycles. The third-order valence-electron chi connectivity index (χ3n) is 2.28. The van der Waals surface area contributed by atoms with Gasteiger partial charge in [-0.05, 0) is 47.6 Å². The monoisotopic (exact) mass is 292 g/mol. The minimum atomic E-state index is -0.962. The molecule has 0 bridgehead atoms. The van der Waals surface area contributed by atoms with E-state index in [2.05, 4.69) is 0 Å². The number of ether oxygens (including phenoxy) is 2. The van der Waals surface area contributed by atoms with E-state index in [4.69, 9.17) is 32.3 Å². The molecule has 2 nitrogen and oxygen atoms in total. The maximum absolute atomic E-state index is 6.44. The quantitative estimate of drug-likeness (QED) is 0.591. The predicted molar refractivity (Wildman–Crippen MR) is 75.6 cm³/mol. The van der Waals surface area contributed by atoms with Crippen molar-refractivity contribution >= 4 is 35.4 Å². The molecule has 1 aromatic carbocycles. The van der Waals surface area contributed by atoms with Gasteiger partial charge < -0.3 is 9.47 Å². The lowest BCUT2D eigenvalue weighted by atomic mass is 10.3. The molecule has 94 valence electrons. The summed E-state index contributed by atoms with van der Waals surface area (Å²) >= 11 is 12.4. The Morgan fingerprint density at radius 2 is 1.82 bits per heavy atom. The van der Waals surface area contributed by atoms with Gasteiger partial charge >= 0.3 is 0 Å². The molecule has 1 aromatic rings. The lowest BCUT2D eigenvalue weighted by Crippen LogP contribution is -2.00. The van der Waals surface area contributed by atoms with Crippen molar-refractivity contribution in [1.29, 1.82) is 0 Å². The molecule has 0 aromatic heterocycles. The molecule has 0 saturated carbocycles. The van der Waals surface area contributed by atoms with Crippen LogP contribution in [0, 0.1) is 0 Å². The SMILES string of the molecule is CC/C(=C(\Cl)OC)P(Cl)c1ccc(OC)cc1. The fourth-order valence-corrected chi connectivity index (χ4v) is 4.03. The Morgan fingerprint density at radius 3 is 2.24 bits per heavy atom. The highest BCUT2D eigenvalue weighted by Crippen LogP contribution is 2.52. The fourth-order valence-electron chi connectivity index (χ4n) is 1.34. The van der Waals surface area contributed by atoms with Crippen LogP contribution in [0.15, 0.2) is 34.8 Å². The van der Waals surface area contributed by atoms with E-state index in [9.17, 15) is 0 Å². The minimum Gasteiger partial charge on any atom is -0.497 e. The largest absolute Gasteiger partial charge is 0.497 e. The number of hydrogen-bond acceptors (Lipinski definition) is 2. The van der Waals surface area contributed by atoms with Gasteiger partial charge in [-0.15, -0.1) is 0 Å². The Morgan fingerprint density at radius 1 is 1.24 bits per heavy atom. The Balaban J connectivity index is 2.98. The van der Waals surface area contributed by atoms with Crippen LogP contribution in [0.1, 0.15) is 13.3 Å². The predicted octanol–water partition coefficient (Wildman–Crippen LogP) is 4.42. The summed E-state index contributed by atoms with van der Waals surface area (Å²) in [5, 5.41) is 2.37. The van der Waals surface area contributed by atoms with Crippen LogP contribution >= 0.6 is 30.1 Å².